The van der Waals surface area contributed by atoms with Gasteiger partial charge >= 0.3 is 5.97 Å². The fourth-order valence-electron chi connectivity index (χ4n) is 1.38. The molecule has 2 rings (SSSR count). The second-order valence-corrected chi connectivity index (χ2v) is 3.29. The van der Waals surface area contributed by atoms with E-state index in [0.29, 0.717) is 19.1 Å². The SMILES string of the molecule is O=C(O)c1ccnc(OC2CCOC2)c1. The van der Waals surface area contributed by atoms with Gasteiger partial charge in [0.1, 0.15) is 6.10 Å². The topological polar surface area (TPSA) is 68.7 Å². The molecule has 1 N–H and O–H groups in total. The zero-order valence-corrected chi connectivity index (χ0v) is 8.05. The molecule has 1 aliphatic rings. The summed E-state index contributed by atoms with van der Waals surface area (Å²) in [5.74, 6) is -0.643. The quantitative estimate of drug-likeness (QED) is 0.802. The number of ether oxygens (including phenoxy) is 2. The number of rotatable bonds is 3. The van der Waals surface area contributed by atoms with Crippen LogP contribution in [0.15, 0.2) is 18.3 Å². The van der Waals surface area contributed by atoms with E-state index in [1.54, 1.807) is 0 Å². The molecule has 0 aliphatic carbocycles. The average molecular weight is 209 g/mol. The average Bonchev–Trinajstić information content (AvgIpc) is 2.71. The molecule has 80 valence electrons. The van der Waals surface area contributed by atoms with E-state index < -0.39 is 5.97 Å². The molecule has 0 saturated carbocycles. The third-order valence-corrected chi connectivity index (χ3v) is 2.16. The molecule has 1 atom stereocenters. The van der Waals surface area contributed by atoms with Crippen molar-refractivity contribution in [2.24, 2.45) is 0 Å². The molecule has 0 amide bonds. The lowest BCUT2D eigenvalue weighted by Gasteiger charge is -2.10. The van der Waals surface area contributed by atoms with Crippen LogP contribution in [0, 0.1) is 0 Å². The van der Waals surface area contributed by atoms with Gasteiger partial charge in [-0.3, -0.25) is 0 Å². The highest BCUT2D eigenvalue weighted by atomic mass is 16.5. The van der Waals surface area contributed by atoms with Gasteiger partial charge in [-0.15, -0.1) is 0 Å². The first-order valence-corrected chi connectivity index (χ1v) is 4.69. The minimum atomic E-state index is -0.982. The molecule has 5 heteroatoms. The summed E-state index contributed by atoms with van der Waals surface area (Å²) in [7, 11) is 0. The van der Waals surface area contributed by atoms with Crippen molar-refractivity contribution in [1.82, 2.24) is 4.98 Å². The number of hydrogen-bond acceptors (Lipinski definition) is 4. The van der Waals surface area contributed by atoms with Gasteiger partial charge in [-0.05, 0) is 6.07 Å². The molecule has 1 aromatic heterocycles. The van der Waals surface area contributed by atoms with E-state index >= 15 is 0 Å². The summed E-state index contributed by atoms with van der Waals surface area (Å²) in [6, 6.07) is 2.85. The molecule has 1 unspecified atom stereocenters. The summed E-state index contributed by atoms with van der Waals surface area (Å²) in [6.45, 7) is 1.22. The second kappa shape index (κ2) is 4.27. The Balaban J connectivity index is 2.07. The smallest absolute Gasteiger partial charge is 0.335 e. The monoisotopic (exact) mass is 209 g/mol. The maximum Gasteiger partial charge on any atom is 0.335 e. The van der Waals surface area contributed by atoms with Gasteiger partial charge in [-0.2, -0.15) is 0 Å². The van der Waals surface area contributed by atoms with Gasteiger partial charge in [0, 0.05) is 18.7 Å². The van der Waals surface area contributed by atoms with Crippen LogP contribution in [0.1, 0.15) is 16.8 Å². The first-order valence-electron chi connectivity index (χ1n) is 4.69. The molecule has 5 nitrogen and oxygen atoms in total. The first kappa shape index (κ1) is 9.92. The van der Waals surface area contributed by atoms with Gasteiger partial charge < -0.3 is 14.6 Å². The van der Waals surface area contributed by atoms with Crippen LogP contribution in [-0.2, 0) is 4.74 Å². The van der Waals surface area contributed by atoms with Crippen LogP contribution in [0.25, 0.3) is 0 Å². The maximum absolute atomic E-state index is 10.7. The van der Waals surface area contributed by atoms with Crippen LogP contribution in [0.2, 0.25) is 0 Å². The number of carboxylic acid groups (broad SMARTS) is 1. The predicted octanol–water partition coefficient (Wildman–Crippen LogP) is 0.948. The molecule has 0 spiro atoms. The number of aromatic carboxylic acids is 1. The van der Waals surface area contributed by atoms with Crippen molar-refractivity contribution in [3.63, 3.8) is 0 Å². The van der Waals surface area contributed by atoms with E-state index in [0.717, 1.165) is 6.42 Å². The van der Waals surface area contributed by atoms with E-state index in [4.69, 9.17) is 14.6 Å². The molecule has 1 aromatic rings. The Labute approximate surface area is 86.7 Å². The van der Waals surface area contributed by atoms with Gasteiger partial charge in [0.15, 0.2) is 0 Å². The van der Waals surface area contributed by atoms with Crippen LogP contribution >= 0.6 is 0 Å². The van der Waals surface area contributed by atoms with Crippen molar-refractivity contribution < 1.29 is 19.4 Å². The Kier molecular flexibility index (Phi) is 2.82. The lowest BCUT2D eigenvalue weighted by molar-refractivity contribution is 0.0695. The molecule has 1 fully saturated rings. The van der Waals surface area contributed by atoms with Crippen LogP contribution in [0.4, 0.5) is 0 Å². The Bertz CT molecular complexity index is 360. The fourth-order valence-corrected chi connectivity index (χ4v) is 1.38. The van der Waals surface area contributed by atoms with Crippen LogP contribution < -0.4 is 4.74 Å². The third-order valence-electron chi connectivity index (χ3n) is 2.16. The molecule has 0 bridgehead atoms. The number of pyridine rings is 1. The minimum absolute atomic E-state index is 0.0125. The van der Waals surface area contributed by atoms with Crippen molar-refractivity contribution in [2.45, 2.75) is 12.5 Å². The van der Waals surface area contributed by atoms with E-state index in [-0.39, 0.29) is 11.7 Å². The molecule has 1 saturated heterocycles. The van der Waals surface area contributed by atoms with Gasteiger partial charge in [-0.1, -0.05) is 0 Å². The molecular formula is C10H11NO4. The van der Waals surface area contributed by atoms with E-state index in [1.165, 1.54) is 18.3 Å². The van der Waals surface area contributed by atoms with Crippen molar-refractivity contribution in [3.8, 4) is 5.88 Å². The van der Waals surface area contributed by atoms with E-state index in [2.05, 4.69) is 4.98 Å². The van der Waals surface area contributed by atoms with Crippen molar-refractivity contribution in [1.29, 1.82) is 0 Å². The van der Waals surface area contributed by atoms with Crippen molar-refractivity contribution in [2.75, 3.05) is 13.2 Å². The largest absolute Gasteiger partial charge is 0.478 e. The lowest BCUT2D eigenvalue weighted by atomic mass is 10.2. The van der Waals surface area contributed by atoms with Crippen molar-refractivity contribution >= 4 is 5.97 Å². The summed E-state index contributed by atoms with van der Waals surface area (Å²) in [4.78, 5) is 14.6. The first-order chi connectivity index (χ1) is 7.25. The van der Waals surface area contributed by atoms with Crippen LogP contribution in [0.5, 0.6) is 5.88 Å². The Morgan fingerprint density at radius 1 is 1.67 bits per heavy atom. The highest BCUT2D eigenvalue weighted by molar-refractivity contribution is 5.87. The zero-order chi connectivity index (χ0) is 10.7. The minimum Gasteiger partial charge on any atom is -0.478 e. The molecule has 0 aromatic carbocycles. The standard InChI is InChI=1S/C10H11NO4/c12-10(13)7-1-3-11-9(5-7)15-8-2-4-14-6-8/h1,3,5,8H,2,4,6H2,(H,12,13). The van der Waals surface area contributed by atoms with Gasteiger partial charge in [0.05, 0.1) is 18.8 Å². The highest BCUT2D eigenvalue weighted by Crippen LogP contribution is 2.15. The van der Waals surface area contributed by atoms with Gasteiger partial charge in [0.25, 0.3) is 0 Å². The number of carboxylic acids is 1. The van der Waals surface area contributed by atoms with Crippen LogP contribution in [-0.4, -0.2) is 35.4 Å². The summed E-state index contributed by atoms with van der Waals surface area (Å²) < 4.78 is 10.6. The predicted molar refractivity (Wildman–Crippen MR) is 51.0 cm³/mol. The summed E-state index contributed by atoms with van der Waals surface area (Å²) in [5, 5.41) is 8.76. The fraction of sp³-hybridized carbons (Fsp3) is 0.400. The van der Waals surface area contributed by atoms with Crippen LogP contribution in [0.3, 0.4) is 0 Å². The Morgan fingerprint density at radius 2 is 2.53 bits per heavy atom. The summed E-state index contributed by atoms with van der Waals surface area (Å²) in [5.41, 5.74) is 0.180. The summed E-state index contributed by atoms with van der Waals surface area (Å²) in [6.07, 6.45) is 2.23. The molecule has 2 heterocycles. The number of aromatic nitrogens is 1. The number of hydrogen-bond donors (Lipinski definition) is 1. The summed E-state index contributed by atoms with van der Waals surface area (Å²) >= 11 is 0. The zero-order valence-electron chi connectivity index (χ0n) is 8.05. The number of carbonyl (C=O) groups is 1. The molecule has 1 aliphatic heterocycles. The van der Waals surface area contributed by atoms with Crippen molar-refractivity contribution in [3.05, 3.63) is 23.9 Å². The van der Waals surface area contributed by atoms with Gasteiger partial charge in [0.2, 0.25) is 5.88 Å². The Morgan fingerprint density at radius 3 is 3.20 bits per heavy atom. The molecule has 15 heavy (non-hydrogen) atoms. The third kappa shape index (κ3) is 2.44. The van der Waals surface area contributed by atoms with Gasteiger partial charge in [-0.25, -0.2) is 9.78 Å². The highest BCUT2D eigenvalue weighted by Gasteiger charge is 2.18. The second-order valence-electron chi connectivity index (χ2n) is 3.29. The number of nitrogens with zero attached hydrogens (tertiary/aromatic N) is 1. The Hall–Kier alpha value is -1.62. The normalized spacial score (nSPS) is 20.1. The van der Waals surface area contributed by atoms with E-state index in [1.807, 2.05) is 0 Å². The maximum atomic E-state index is 10.7. The molecular weight excluding hydrogens is 198 g/mol. The molecule has 0 radical (unpaired) electrons. The lowest BCUT2D eigenvalue weighted by Crippen LogP contribution is -2.16. The van der Waals surface area contributed by atoms with E-state index in [9.17, 15) is 4.79 Å².